The van der Waals surface area contributed by atoms with Crippen molar-refractivity contribution in [2.24, 2.45) is 0 Å². The normalized spacial score (nSPS) is 14.9. The molecule has 0 saturated carbocycles. The quantitative estimate of drug-likeness (QED) is 0.0160. The highest BCUT2D eigenvalue weighted by atomic mass is 31.2. The first-order valence-corrected chi connectivity index (χ1v) is 24.5. The van der Waals surface area contributed by atoms with Crippen LogP contribution < -0.4 is 4.89 Å². The molecule has 0 saturated heterocycles. The molecule has 61 heavy (non-hydrogen) atoms. The molecule has 0 radical (unpaired) electrons. The largest absolute Gasteiger partial charge is 0.756 e. The van der Waals surface area contributed by atoms with E-state index in [-0.39, 0.29) is 26.1 Å². The van der Waals surface area contributed by atoms with Crippen molar-refractivity contribution in [3.05, 3.63) is 97.2 Å². The fourth-order valence-electron chi connectivity index (χ4n) is 5.48. The van der Waals surface area contributed by atoms with Crippen LogP contribution >= 0.6 is 7.82 Å². The van der Waals surface area contributed by atoms with Gasteiger partial charge < -0.3 is 33.0 Å². The Hall–Kier alpha value is -3.11. The van der Waals surface area contributed by atoms with Crippen LogP contribution in [0.15, 0.2) is 97.2 Å². The number of likely N-dealkylation sites (N-methyl/N-ethyl adjacent to an activating group) is 1. The molecule has 10 nitrogen and oxygen atoms in total. The van der Waals surface area contributed by atoms with Crippen LogP contribution in [0.1, 0.15) is 149 Å². The fraction of sp³-hybridized carbons (Fsp3) is 0.640. The van der Waals surface area contributed by atoms with Gasteiger partial charge in [-0.1, -0.05) is 143 Å². The van der Waals surface area contributed by atoms with Gasteiger partial charge >= 0.3 is 11.9 Å². The van der Waals surface area contributed by atoms with Crippen LogP contribution in [-0.4, -0.2) is 81.2 Å². The number of phosphoric acid groups is 1. The van der Waals surface area contributed by atoms with Crippen molar-refractivity contribution in [3.8, 4) is 0 Å². The van der Waals surface area contributed by atoms with Crippen molar-refractivity contribution in [2.75, 3.05) is 47.5 Å². The Morgan fingerprint density at radius 3 is 1.69 bits per heavy atom. The monoisotopic (exact) mass is 874 g/mol. The molecule has 0 bridgehead atoms. The minimum atomic E-state index is -4.67. The Labute approximate surface area is 371 Å². The minimum Gasteiger partial charge on any atom is -0.756 e. The number of carbonyl (C=O) groups is 2. The van der Waals surface area contributed by atoms with Crippen molar-refractivity contribution >= 4 is 19.8 Å². The Kier molecular flexibility index (Phi) is 38.8. The first-order valence-electron chi connectivity index (χ1n) is 23.1. The lowest BCUT2D eigenvalue weighted by atomic mass is 10.1. The van der Waals surface area contributed by atoms with Crippen molar-refractivity contribution in [1.29, 1.82) is 0 Å². The van der Waals surface area contributed by atoms with E-state index < -0.39 is 38.6 Å². The van der Waals surface area contributed by atoms with Gasteiger partial charge in [-0.05, 0) is 89.9 Å². The lowest BCUT2D eigenvalue weighted by Gasteiger charge is -2.28. The van der Waals surface area contributed by atoms with Gasteiger partial charge in [0.25, 0.3) is 7.82 Å². The highest BCUT2D eigenvalue weighted by molar-refractivity contribution is 7.45. The van der Waals surface area contributed by atoms with Crippen LogP contribution in [0.25, 0.3) is 0 Å². The molecule has 0 amide bonds. The van der Waals surface area contributed by atoms with Crippen LogP contribution in [0, 0.1) is 0 Å². The zero-order chi connectivity index (χ0) is 45.1. The fourth-order valence-corrected chi connectivity index (χ4v) is 6.21. The molecular formula is C50H84NO9P. The number of allylic oxidation sites excluding steroid dienone is 14. The van der Waals surface area contributed by atoms with Crippen molar-refractivity contribution in [1.82, 2.24) is 0 Å². The van der Waals surface area contributed by atoms with E-state index in [1.54, 1.807) is 6.08 Å². The molecule has 0 aromatic carbocycles. The molecule has 0 aromatic heterocycles. The number of phosphoric ester groups is 1. The third kappa shape index (κ3) is 44.7. The van der Waals surface area contributed by atoms with Crippen LogP contribution in [0.2, 0.25) is 0 Å². The molecule has 0 aliphatic carbocycles. The molecule has 0 fully saturated rings. The van der Waals surface area contributed by atoms with Gasteiger partial charge in [0.15, 0.2) is 6.10 Å². The number of hydrogen-bond acceptors (Lipinski definition) is 9. The predicted octanol–water partition coefficient (Wildman–Crippen LogP) is 11.7. The maximum Gasteiger partial charge on any atom is 0.306 e. The first kappa shape index (κ1) is 57.9. The number of esters is 2. The maximum absolute atomic E-state index is 12.7. The van der Waals surface area contributed by atoms with Crippen LogP contribution in [-0.2, 0) is 32.7 Å². The summed E-state index contributed by atoms with van der Waals surface area (Å²) in [6.07, 6.45) is 50.4. The van der Waals surface area contributed by atoms with Gasteiger partial charge in [-0.25, -0.2) is 0 Å². The maximum atomic E-state index is 12.7. The number of rotatable bonds is 40. The van der Waals surface area contributed by atoms with Crippen LogP contribution in [0.3, 0.4) is 0 Å². The number of carbonyl (C=O) groups excluding carboxylic acids is 2. The summed E-state index contributed by atoms with van der Waals surface area (Å²) >= 11 is 0. The molecule has 0 rings (SSSR count). The minimum absolute atomic E-state index is 0.0631. The second-order valence-electron chi connectivity index (χ2n) is 16.3. The molecule has 1 unspecified atom stereocenters. The standard InChI is InChI=1S/C50H84NO9P/c1-6-8-10-12-14-15-16-17-18-19-20-21-22-23-24-25-29-33-37-41-49(53)57-45-48(46-59-61(55,56)58-44-43-51(3,4)5)60-50(54)42-38-34-30-27-26-28-32-36-40-47(52)39-35-31-13-11-9-7-2/h14-15,17-18,20-21,23-24,27-28,30-32,35-36,40,47-48,52H,6-13,16,19,22,25-26,29,33-34,37-39,41-46H2,1-5H3/b15-14-,18-17-,21-20-,24-23-,30-27-,32-28-,35-31-,40-36+/t47-,48+/m0/s1. The summed E-state index contributed by atoms with van der Waals surface area (Å²) in [5.74, 6) is -0.986. The molecule has 348 valence electrons. The van der Waals surface area contributed by atoms with Crippen LogP contribution in [0.4, 0.5) is 0 Å². The Morgan fingerprint density at radius 1 is 0.607 bits per heavy atom. The predicted molar refractivity (Wildman–Crippen MR) is 251 cm³/mol. The second-order valence-corrected chi connectivity index (χ2v) is 17.7. The van der Waals surface area contributed by atoms with E-state index in [2.05, 4.69) is 68.5 Å². The van der Waals surface area contributed by atoms with Crippen LogP contribution in [0.5, 0.6) is 0 Å². The summed E-state index contributed by atoms with van der Waals surface area (Å²) in [5.41, 5.74) is 0. The van der Waals surface area contributed by atoms with E-state index in [0.29, 0.717) is 43.1 Å². The smallest absolute Gasteiger partial charge is 0.306 e. The Balaban J connectivity index is 4.57. The second kappa shape index (κ2) is 40.9. The van der Waals surface area contributed by atoms with Gasteiger partial charge in [0.2, 0.25) is 0 Å². The van der Waals surface area contributed by atoms with E-state index in [9.17, 15) is 24.2 Å². The van der Waals surface area contributed by atoms with E-state index in [1.807, 2.05) is 57.6 Å². The summed E-state index contributed by atoms with van der Waals surface area (Å²) in [4.78, 5) is 37.6. The summed E-state index contributed by atoms with van der Waals surface area (Å²) in [7, 11) is 1.06. The van der Waals surface area contributed by atoms with Gasteiger partial charge in [0, 0.05) is 12.8 Å². The van der Waals surface area contributed by atoms with Crippen molar-refractivity contribution in [2.45, 2.75) is 161 Å². The molecule has 11 heteroatoms. The molecule has 0 heterocycles. The highest BCUT2D eigenvalue weighted by Crippen LogP contribution is 2.38. The Bertz CT molecular complexity index is 1370. The van der Waals surface area contributed by atoms with Gasteiger partial charge in [0.1, 0.15) is 19.8 Å². The van der Waals surface area contributed by atoms with E-state index in [0.717, 1.165) is 44.9 Å². The average molecular weight is 874 g/mol. The molecular weight excluding hydrogens is 790 g/mol. The molecule has 0 aliphatic rings. The van der Waals surface area contributed by atoms with Gasteiger partial charge in [0.05, 0.1) is 33.9 Å². The number of ether oxygens (including phenoxy) is 2. The zero-order valence-electron chi connectivity index (χ0n) is 38.7. The van der Waals surface area contributed by atoms with E-state index in [1.165, 1.54) is 44.9 Å². The summed E-state index contributed by atoms with van der Waals surface area (Å²) < 4.78 is 33.8. The summed E-state index contributed by atoms with van der Waals surface area (Å²) in [6, 6.07) is 0. The van der Waals surface area contributed by atoms with Gasteiger partial charge in [-0.3, -0.25) is 14.2 Å². The Morgan fingerprint density at radius 2 is 1.11 bits per heavy atom. The molecule has 0 spiro atoms. The molecule has 0 aliphatic heterocycles. The summed E-state index contributed by atoms with van der Waals surface area (Å²) in [6.45, 7) is 3.95. The third-order valence-corrected chi connectivity index (χ3v) is 10.1. The van der Waals surface area contributed by atoms with Crippen molar-refractivity contribution < 1.29 is 47.2 Å². The first-order chi connectivity index (χ1) is 29.4. The number of quaternary nitrogens is 1. The third-order valence-electron chi connectivity index (χ3n) is 9.16. The topological polar surface area (TPSA) is 131 Å². The molecule has 3 atom stereocenters. The number of hydrogen-bond donors (Lipinski definition) is 1. The summed E-state index contributed by atoms with van der Waals surface area (Å²) in [5, 5.41) is 10.1. The highest BCUT2D eigenvalue weighted by Gasteiger charge is 2.21. The zero-order valence-corrected chi connectivity index (χ0v) is 39.6. The molecule has 1 N–H and O–H groups in total. The average Bonchev–Trinajstić information content (AvgIpc) is 3.21. The van der Waals surface area contributed by atoms with Crippen molar-refractivity contribution in [3.63, 3.8) is 0 Å². The number of unbranched alkanes of at least 4 members (excludes halogenated alkanes) is 10. The number of aliphatic hydroxyl groups excluding tert-OH is 1. The SMILES string of the molecule is CCCCC/C=C\C/C=C\C/C=C\C/C=C\CCCCCC(=O)OC[C@H](COP(=O)([O-])OCC[N+](C)(C)C)OC(=O)CCC/C=C\C/C=C\C=C\[C@@H](O)C/C=C\CCCCC. The molecule has 0 aromatic rings. The van der Waals surface area contributed by atoms with E-state index >= 15 is 0 Å². The lowest BCUT2D eigenvalue weighted by molar-refractivity contribution is -0.870. The number of aliphatic hydroxyl groups is 1. The van der Waals surface area contributed by atoms with E-state index in [4.69, 9.17) is 18.5 Å². The lowest BCUT2D eigenvalue weighted by Crippen LogP contribution is -2.37. The number of nitrogens with zero attached hydrogens (tertiary/aromatic N) is 1. The van der Waals surface area contributed by atoms with Gasteiger partial charge in [-0.15, -0.1) is 0 Å². The van der Waals surface area contributed by atoms with Gasteiger partial charge in [-0.2, -0.15) is 0 Å².